The SMILES string of the molecule is COC(=O)c1csc(Nc2ccc(OC)c(Br)c2)n1. The van der Waals surface area contributed by atoms with Crippen LogP contribution in [-0.4, -0.2) is 25.2 Å². The van der Waals surface area contributed by atoms with E-state index in [4.69, 9.17) is 4.74 Å². The molecule has 1 aromatic carbocycles. The minimum atomic E-state index is -0.444. The lowest BCUT2D eigenvalue weighted by Gasteiger charge is -2.06. The molecule has 2 rings (SSSR count). The number of halogens is 1. The topological polar surface area (TPSA) is 60.5 Å². The number of carbonyl (C=O) groups is 1. The van der Waals surface area contributed by atoms with Crippen molar-refractivity contribution < 1.29 is 14.3 Å². The Balaban J connectivity index is 2.15. The summed E-state index contributed by atoms with van der Waals surface area (Å²) in [7, 11) is 2.94. The Labute approximate surface area is 122 Å². The molecule has 1 heterocycles. The summed E-state index contributed by atoms with van der Waals surface area (Å²) in [5.41, 5.74) is 1.14. The van der Waals surface area contributed by atoms with Crippen LogP contribution in [0.5, 0.6) is 5.75 Å². The smallest absolute Gasteiger partial charge is 0.357 e. The van der Waals surface area contributed by atoms with Crippen molar-refractivity contribution in [1.82, 2.24) is 4.98 Å². The molecular formula is C12H11BrN2O3S. The van der Waals surface area contributed by atoms with Crippen molar-refractivity contribution in [3.63, 3.8) is 0 Å². The van der Waals surface area contributed by atoms with Crippen molar-refractivity contribution in [2.24, 2.45) is 0 Å². The summed E-state index contributed by atoms with van der Waals surface area (Å²) < 4.78 is 10.6. The van der Waals surface area contributed by atoms with Gasteiger partial charge in [0, 0.05) is 11.1 Å². The Bertz CT molecular complexity index is 600. The number of benzene rings is 1. The van der Waals surface area contributed by atoms with E-state index < -0.39 is 5.97 Å². The highest BCUT2D eigenvalue weighted by Gasteiger charge is 2.11. The van der Waals surface area contributed by atoms with E-state index in [0.717, 1.165) is 15.9 Å². The number of anilines is 2. The number of methoxy groups -OCH3 is 2. The first-order chi connectivity index (χ1) is 9.13. The number of hydrogen-bond acceptors (Lipinski definition) is 6. The van der Waals surface area contributed by atoms with Gasteiger partial charge in [-0.1, -0.05) is 0 Å². The molecule has 7 heteroatoms. The van der Waals surface area contributed by atoms with Crippen LogP contribution in [0, 0.1) is 0 Å². The van der Waals surface area contributed by atoms with Crippen molar-refractivity contribution in [2.45, 2.75) is 0 Å². The lowest BCUT2D eigenvalue weighted by molar-refractivity contribution is 0.0595. The van der Waals surface area contributed by atoms with Gasteiger partial charge in [-0.3, -0.25) is 0 Å². The maximum Gasteiger partial charge on any atom is 0.357 e. The summed E-state index contributed by atoms with van der Waals surface area (Å²) >= 11 is 4.74. The fraction of sp³-hybridized carbons (Fsp3) is 0.167. The van der Waals surface area contributed by atoms with Crippen molar-refractivity contribution in [3.05, 3.63) is 33.7 Å². The molecule has 1 N–H and O–H groups in total. The lowest BCUT2D eigenvalue weighted by Crippen LogP contribution is -2.01. The molecule has 0 unspecified atom stereocenters. The summed E-state index contributed by atoms with van der Waals surface area (Å²) in [6.45, 7) is 0. The van der Waals surface area contributed by atoms with Crippen molar-refractivity contribution in [3.8, 4) is 5.75 Å². The molecule has 2 aromatic rings. The highest BCUT2D eigenvalue weighted by atomic mass is 79.9. The fourth-order valence-electron chi connectivity index (χ4n) is 1.40. The molecule has 0 aliphatic heterocycles. The van der Waals surface area contributed by atoms with E-state index >= 15 is 0 Å². The molecule has 0 spiro atoms. The van der Waals surface area contributed by atoms with Gasteiger partial charge in [0.2, 0.25) is 0 Å². The second kappa shape index (κ2) is 6.03. The van der Waals surface area contributed by atoms with Crippen LogP contribution in [0.25, 0.3) is 0 Å². The third kappa shape index (κ3) is 3.24. The number of aromatic nitrogens is 1. The van der Waals surface area contributed by atoms with Crippen molar-refractivity contribution in [2.75, 3.05) is 19.5 Å². The zero-order valence-corrected chi connectivity index (χ0v) is 12.7. The van der Waals surface area contributed by atoms with E-state index in [9.17, 15) is 4.79 Å². The molecule has 0 saturated heterocycles. The molecule has 5 nitrogen and oxygen atoms in total. The number of nitrogens with zero attached hydrogens (tertiary/aromatic N) is 1. The molecule has 0 atom stereocenters. The standard InChI is InChI=1S/C12H11BrN2O3S/c1-17-10-4-3-7(5-8(10)13)14-12-15-9(6-19-12)11(16)18-2/h3-6H,1-2H3,(H,14,15). The van der Waals surface area contributed by atoms with Crippen molar-refractivity contribution >= 4 is 44.1 Å². The van der Waals surface area contributed by atoms with Gasteiger partial charge in [-0.05, 0) is 34.1 Å². The average molecular weight is 343 g/mol. The quantitative estimate of drug-likeness (QED) is 0.862. The van der Waals surface area contributed by atoms with E-state index in [0.29, 0.717) is 10.8 Å². The van der Waals surface area contributed by atoms with Gasteiger partial charge >= 0.3 is 5.97 Å². The van der Waals surface area contributed by atoms with Gasteiger partial charge in [-0.2, -0.15) is 0 Å². The maximum absolute atomic E-state index is 11.3. The largest absolute Gasteiger partial charge is 0.496 e. The molecule has 100 valence electrons. The Hall–Kier alpha value is -1.60. The first-order valence-corrected chi connectivity index (χ1v) is 6.95. The van der Waals surface area contributed by atoms with E-state index in [-0.39, 0.29) is 0 Å². The van der Waals surface area contributed by atoms with Crippen LogP contribution in [0.1, 0.15) is 10.5 Å². The number of carbonyl (C=O) groups excluding carboxylic acids is 1. The highest BCUT2D eigenvalue weighted by molar-refractivity contribution is 9.10. The second-order valence-corrected chi connectivity index (χ2v) is 5.22. The first kappa shape index (κ1) is 13.8. The monoisotopic (exact) mass is 342 g/mol. The van der Waals surface area contributed by atoms with E-state index in [1.165, 1.54) is 18.4 Å². The van der Waals surface area contributed by atoms with Crippen LogP contribution in [0.4, 0.5) is 10.8 Å². The second-order valence-electron chi connectivity index (χ2n) is 3.50. The van der Waals surface area contributed by atoms with Crippen LogP contribution in [0.15, 0.2) is 28.1 Å². The van der Waals surface area contributed by atoms with Gasteiger partial charge in [-0.25, -0.2) is 9.78 Å². The third-order valence-electron chi connectivity index (χ3n) is 2.30. The average Bonchev–Trinajstić information content (AvgIpc) is 2.86. The Morgan fingerprint density at radius 2 is 2.21 bits per heavy atom. The molecule has 0 saturated carbocycles. The number of esters is 1. The van der Waals surface area contributed by atoms with E-state index in [2.05, 4.69) is 31.0 Å². The number of hydrogen-bond donors (Lipinski definition) is 1. The van der Waals surface area contributed by atoms with Crippen LogP contribution in [-0.2, 0) is 4.74 Å². The number of nitrogens with one attached hydrogen (secondary N) is 1. The van der Waals surface area contributed by atoms with Gasteiger partial charge in [0.15, 0.2) is 10.8 Å². The highest BCUT2D eigenvalue weighted by Crippen LogP contribution is 2.30. The number of rotatable bonds is 4. The first-order valence-electron chi connectivity index (χ1n) is 5.28. The van der Waals surface area contributed by atoms with Crippen LogP contribution in [0.2, 0.25) is 0 Å². The summed E-state index contributed by atoms with van der Waals surface area (Å²) in [4.78, 5) is 15.4. The predicted octanol–water partition coefficient (Wildman–Crippen LogP) is 3.44. The Morgan fingerprint density at radius 3 is 2.84 bits per heavy atom. The Morgan fingerprint density at radius 1 is 1.42 bits per heavy atom. The molecule has 19 heavy (non-hydrogen) atoms. The molecule has 0 radical (unpaired) electrons. The maximum atomic E-state index is 11.3. The van der Waals surface area contributed by atoms with Crippen LogP contribution in [0.3, 0.4) is 0 Å². The number of thiazole rings is 1. The van der Waals surface area contributed by atoms with E-state index in [1.54, 1.807) is 12.5 Å². The minimum Gasteiger partial charge on any atom is -0.496 e. The Kier molecular flexibility index (Phi) is 4.39. The van der Waals surface area contributed by atoms with Crippen LogP contribution < -0.4 is 10.1 Å². The molecule has 0 bridgehead atoms. The van der Waals surface area contributed by atoms with Gasteiger partial charge in [0.05, 0.1) is 18.7 Å². The van der Waals surface area contributed by atoms with Gasteiger partial charge < -0.3 is 14.8 Å². The van der Waals surface area contributed by atoms with Crippen LogP contribution >= 0.6 is 27.3 Å². The zero-order valence-electron chi connectivity index (χ0n) is 10.3. The summed E-state index contributed by atoms with van der Waals surface area (Å²) in [5.74, 6) is 0.306. The van der Waals surface area contributed by atoms with Gasteiger partial charge in [0.1, 0.15) is 5.75 Å². The number of ether oxygens (including phenoxy) is 2. The zero-order chi connectivity index (χ0) is 13.8. The third-order valence-corrected chi connectivity index (χ3v) is 3.68. The predicted molar refractivity (Wildman–Crippen MR) is 77.4 cm³/mol. The summed E-state index contributed by atoms with van der Waals surface area (Å²) in [5, 5.41) is 5.38. The van der Waals surface area contributed by atoms with Crippen molar-refractivity contribution in [1.29, 1.82) is 0 Å². The molecule has 1 aromatic heterocycles. The lowest BCUT2D eigenvalue weighted by atomic mass is 10.3. The normalized spacial score (nSPS) is 10.1. The van der Waals surface area contributed by atoms with Gasteiger partial charge in [-0.15, -0.1) is 11.3 Å². The minimum absolute atomic E-state index is 0.294. The van der Waals surface area contributed by atoms with E-state index in [1.807, 2.05) is 18.2 Å². The molecule has 0 aliphatic carbocycles. The molecule has 0 fully saturated rings. The summed E-state index contributed by atoms with van der Waals surface area (Å²) in [6.07, 6.45) is 0. The molecule has 0 aliphatic rings. The fourth-order valence-corrected chi connectivity index (χ4v) is 2.64. The summed E-state index contributed by atoms with van der Waals surface area (Å²) in [6, 6.07) is 5.57. The molecular weight excluding hydrogens is 332 g/mol. The van der Waals surface area contributed by atoms with Gasteiger partial charge in [0.25, 0.3) is 0 Å². The molecule has 0 amide bonds.